The first-order valence-corrected chi connectivity index (χ1v) is 11.7. The Morgan fingerprint density at radius 2 is 1.88 bits per heavy atom. The van der Waals surface area contributed by atoms with E-state index in [1.54, 1.807) is 19.1 Å². The van der Waals surface area contributed by atoms with E-state index in [0.29, 0.717) is 23.6 Å². The van der Waals surface area contributed by atoms with Crippen LogP contribution in [-0.2, 0) is 17.8 Å². The molecule has 34 heavy (non-hydrogen) atoms. The van der Waals surface area contributed by atoms with Gasteiger partial charge in [0.1, 0.15) is 5.82 Å². The lowest BCUT2D eigenvalue weighted by atomic mass is 9.98. The number of carboxylic acids is 1. The van der Waals surface area contributed by atoms with Gasteiger partial charge in [-0.1, -0.05) is 42.5 Å². The minimum absolute atomic E-state index is 0.0203. The number of aliphatic carboxylic acids is 1. The number of rotatable bonds is 10. The molecule has 1 aliphatic rings. The minimum atomic E-state index is -0.854. The van der Waals surface area contributed by atoms with E-state index >= 15 is 4.39 Å². The number of hydrogen-bond donors (Lipinski definition) is 3. The van der Waals surface area contributed by atoms with E-state index in [1.807, 2.05) is 49.5 Å². The topological polar surface area (TPSA) is 78.6 Å². The number of nitrogens with zero attached hydrogens (tertiary/aromatic N) is 1. The fourth-order valence-corrected chi connectivity index (χ4v) is 4.19. The molecule has 0 bridgehead atoms. The Morgan fingerprint density at radius 3 is 2.56 bits per heavy atom. The van der Waals surface area contributed by atoms with E-state index in [1.165, 1.54) is 12.8 Å². The summed E-state index contributed by atoms with van der Waals surface area (Å²) in [5.74, 6) is -0.448. The molecule has 1 atom stereocenters. The predicted octanol–water partition coefficient (Wildman–Crippen LogP) is 5.60. The van der Waals surface area contributed by atoms with Crippen LogP contribution in [0.15, 0.2) is 60.7 Å². The predicted molar refractivity (Wildman–Crippen MR) is 136 cm³/mol. The Balaban J connectivity index is 1.69. The first kappa shape index (κ1) is 23.8. The second kappa shape index (κ2) is 10.3. The second-order valence-corrected chi connectivity index (χ2v) is 9.29. The van der Waals surface area contributed by atoms with E-state index in [0.717, 1.165) is 34.6 Å². The summed E-state index contributed by atoms with van der Waals surface area (Å²) in [5, 5.41) is 12.8. The summed E-state index contributed by atoms with van der Waals surface area (Å²) in [5.41, 5.74) is 11.4. The quantitative estimate of drug-likeness (QED) is 0.366. The lowest BCUT2D eigenvalue weighted by Crippen LogP contribution is -2.18. The molecule has 178 valence electrons. The molecule has 0 radical (unpaired) electrons. The molecule has 0 aromatic heterocycles. The fraction of sp³-hybridized carbons (Fsp3) is 0.321. The van der Waals surface area contributed by atoms with Crippen LogP contribution in [0.25, 0.3) is 11.1 Å². The van der Waals surface area contributed by atoms with Gasteiger partial charge in [-0.15, -0.1) is 0 Å². The van der Waals surface area contributed by atoms with E-state index in [4.69, 9.17) is 5.73 Å². The molecule has 4 N–H and O–H groups in total. The van der Waals surface area contributed by atoms with Crippen LogP contribution in [0.2, 0.25) is 0 Å². The summed E-state index contributed by atoms with van der Waals surface area (Å²) >= 11 is 0. The SMILES string of the molecule is CC(N)c1cccc(-c2cc(NCC3CC3)cc(N(C)Cc3ccccc3CC(=O)O)c2)c1F. The Kier molecular flexibility index (Phi) is 7.17. The maximum Gasteiger partial charge on any atom is 0.307 e. The average molecular weight is 462 g/mol. The molecule has 3 aromatic rings. The molecule has 1 unspecified atom stereocenters. The zero-order chi connectivity index (χ0) is 24.2. The van der Waals surface area contributed by atoms with Crippen molar-refractivity contribution >= 4 is 17.3 Å². The lowest BCUT2D eigenvalue weighted by molar-refractivity contribution is -0.136. The summed E-state index contributed by atoms with van der Waals surface area (Å²) in [6.07, 6.45) is 2.46. The lowest BCUT2D eigenvalue weighted by Gasteiger charge is -2.23. The average Bonchev–Trinajstić information content (AvgIpc) is 3.63. The highest BCUT2D eigenvalue weighted by Crippen LogP contribution is 2.35. The molecule has 0 saturated heterocycles. The monoisotopic (exact) mass is 461 g/mol. The van der Waals surface area contributed by atoms with Crippen LogP contribution in [0, 0.1) is 11.7 Å². The van der Waals surface area contributed by atoms with Gasteiger partial charge in [-0.3, -0.25) is 4.79 Å². The van der Waals surface area contributed by atoms with Crippen LogP contribution >= 0.6 is 0 Å². The van der Waals surface area contributed by atoms with E-state index in [9.17, 15) is 9.90 Å². The van der Waals surface area contributed by atoms with Crippen molar-refractivity contribution in [1.82, 2.24) is 0 Å². The van der Waals surface area contributed by atoms with Gasteiger partial charge in [-0.25, -0.2) is 4.39 Å². The van der Waals surface area contributed by atoms with Crippen LogP contribution in [0.4, 0.5) is 15.8 Å². The largest absolute Gasteiger partial charge is 0.481 e. The zero-order valence-corrected chi connectivity index (χ0v) is 19.7. The molecule has 1 aliphatic carbocycles. The first-order valence-electron chi connectivity index (χ1n) is 11.7. The Morgan fingerprint density at radius 1 is 1.15 bits per heavy atom. The van der Waals surface area contributed by atoms with Gasteiger partial charge in [0.15, 0.2) is 0 Å². The summed E-state index contributed by atoms with van der Waals surface area (Å²) < 4.78 is 15.3. The van der Waals surface area contributed by atoms with Gasteiger partial charge in [0, 0.05) is 48.7 Å². The molecule has 3 aromatic carbocycles. The zero-order valence-electron chi connectivity index (χ0n) is 19.7. The minimum Gasteiger partial charge on any atom is -0.481 e. The first-order chi connectivity index (χ1) is 16.3. The van der Waals surface area contributed by atoms with Crippen molar-refractivity contribution in [3.63, 3.8) is 0 Å². The van der Waals surface area contributed by atoms with Crippen molar-refractivity contribution in [2.24, 2.45) is 11.7 Å². The number of halogens is 1. The van der Waals surface area contributed by atoms with Crippen molar-refractivity contribution in [3.05, 3.63) is 83.2 Å². The fourth-order valence-electron chi connectivity index (χ4n) is 4.19. The summed E-state index contributed by atoms with van der Waals surface area (Å²) in [6.45, 7) is 3.22. The molecular weight excluding hydrogens is 429 g/mol. The molecule has 4 rings (SSSR count). The highest BCUT2D eigenvalue weighted by molar-refractivity contribution is 5.75. The smallest absolute Gasteiger partial charge is 0.307 e. The number of hydrogen-bond acceptors (Lipinski definition) is 4. The molecule has 6 heteroatoms. The Hall–Kier alpha value is -3.38. The molecule has 1 fully saturated rings. The number of nitrogens with one attached hydrogen (secondary N) is 1. The molecular formula is C28H32FN3O2. The standard InChI is InChI=1S/C28H32FN3O2/c1-18(30)25-8-5-9-26(28(25)29)22-12-23(31-16-19-10-11-19)15-24(13-22)32(2)17-21-7-4-3-6-20(21)14-27(33)34/h3-9,12-13,15,18-19,31H,10-11,14,16-17,30H2,1-2H3,(H,33,34). The molecule has 5 nitrogen and oxygen atoms in total. The molecule has 0 spiro atoms. The third kappa shape index (κ3) is 5.75. The summed E-state index contributed by atoms with van der Waals surface area (Å²) in [7, 11) is 1.97. The summed E-state index contributed by atoms with van der Waals surface area (Å²) in [4.78, 5) is 13.4. The highest BCUT2D eigenvalue weighted by Gasteiger charge is 2.21. The van der Waals surface area contributed by atoms with Gasteiger partial charge in [-0.2, -0.15) is 0 Å². The van der Waals surface area contributed by atoms with Gasteiger partial charge in [0.25, 0.3) is 0 Å². The molecule has 0 amide bonds. The van der Waals surface area contributed by atoms with Gasteiger partial charge >= 0.3 is 5.97 Å². The highest BCUT2D eigenvalue weighted by atomic mass is 19.1. The van der Waals surface area contributed by atoms with Crippen LogP contribution in [0.3, 0.4) is 0 Å². The molecule has 0 aliphatic heterocycles. The normalized spacial score (nSPS) is 14.0. The Bertz CT molecular complexity index is 1170. The van der Waals surface area contributed by atoms with Crippen molar-refractivity contribution in [2.45, 2.75) is 38.8 Å². The number of anilines is 2. The second-order valence-electron chi connectivity index (χ2n) is 9.29. The maximum absolute atomic E-state index is 15.3. The third-order valence-corrected chi connectivity index (χ3v) is 6.35. The molecule has 1 saturated carbocycles. The summed E-state index contributed by atoms with van der Waals surface area (Å²) in [6, 6.07) is 18.6. The van der Waals surface area contributed by atoms with Crippen LogP contribution in [-0.4, -0.2) is 24.7 Å². The number of carbonyl (C=O) groups is 1. The van der Waals surface area contributed by atoms with Crippen LogP contribution in [0.5, 0.6) is 0 Å². The van der Waals surface area contributed by atoms with E-state index in [-0.39, 0.29) is 12.2 Å². The van der Waals surface area contributed by atoms with Crippen molar-refractivity contribution in [1.29, 1.82) is 0 Å². The van der Waals surface area contributed by atoms with Gasteiger partial charge in [0.05, 0.1) is 6.42 Å². The van der Waals surface area contributed by atoms with Crippen molar-refractivity contribution in [3.8, 4) is 11.1 Å². The third-order valence-electron chi connectivity index (χ3n) is 6.35. The Labute approximate surface area is 200 Å². The van der Waals surface area contributed by atoms with Crippen molar-refractivity contribution in [2.75, 3.05) is 23.8 Å². The van der Waals surface area contributed by atoms with Gasteiger partial charge in [-0.05, 0) is 60.6 Å². The number of benzene rings is 3. The number of carboxylic acid groups (broad SMARTS) is 1. The van der Waals surface area contributed by atoms with Crippen molar-refractivity contribution < 1.29 is 14.3 Å². The van der Waals surface area contributed by atoms with Crippen LogP contribution < -0.4 is 16.0 Å². The van der Waals surface area contributed by atoms with Gasteiger partial charge < -0.3 is 21.1 Å². The van der Waals surface area contributed by atoms with Crippen LogP contribution in [0.1, 0.15) is 42.5 Å². The number of nitrogens with two attached hydrogens (primary N) is 1. The van der Waals surface area contributed by atoms with E-state index < -0.39 is 12.0 Å². The van der Waals surface area contributed by atoms with E-state index in [2.05, 4.69) is 16.3 Å². The maximum atomic E-state index is 15.3. The van der Waals surface area contributed by atoms with Gasteiger partial charge in [0.2, 0.25) is 0 Å². The molecule has 0 heterocycles.